The molecule has 50 heavy (non-hydrogen) atoms. The number of carbonyl (C=O) groups excluding carboxylic acids is 1. The van der Waals surface area contributed by atoms with Crippen LogP contribution in [0.1, 0.15) is 45.8 Å². The van der Waals surface area contributed by atoms with E-state index in [9.17, 15) is 4.79 Å². The Morgan fingerprint density at radius 2 is 1.26 bits per heavy atom. The summed E-state index contributed by atoms with van der Waals surface area (Å²) in [5.41, 5.74) is 8.42. The molecule has 5 aromatic carbocycles. The number of para-hydroxylation sites is 1. The number of imidazole rings is 1. The quantitative estimate of drug-likeness (QED) is 0.136. The maximum atomic E-state index is 13.6. The van der Waals surface area contributed by atoms with E-state index in [2.05, 4.69) is 98.2 Å². The van der Waals surface area contributed by atoms with Gasteiger partial charge in [0.25, 0.3) is 5.91 Å². The van der Waals surface area contributed by atoms with E-state index in [1.165, 1.54) is 0 Å². The molecule has 1 unspecified atom stereocenters. The van der Waals surface area contributed by atoms with Crippen LogP contribution in [0.15, 0.2) is 152 Å². The molecule has 8 heteroatoms. The number of fused-ring (bicyclic) bond motifs is 2. The van der Waals surface area contributed by atoms with Crippen LogP contribution in [-0.4, -0.2) is 37.7 Å². The van der Waals surface area contributed by atoms with E-state index in [0.717, 1.165) is 50.1 Å². The summed E-state index contributed by atoms with van der Waals surface area (Å²) in [4.78, 5) is 27.5. The summed E-state index contributed by atoms with van der Waals surface area (Å²) in [5.74, 6) is -0.205. The van der Waals surface area contributed by atoms with Crippen LogP contribution in [0.2, 0.25) is 0 Å². The first-order valence-corrected chi connectivity index (χ1v) is 16.6. The highest BCUT2D eigenvalue weighted by atomic mass is 16.2. The maximum Gasteiger partial charge on any atom is 0.289 e. The molecule has 1 amide bonds. The fraction of sp³-hybridized carbons (Fsp3) is 0.0952. The van der Waals surface area contributed by atoms with Crippen molar-refractivity contribution in [1.82, 2.24) is 30.0 Å². The third-order valence-electron chi connectivity index (χ3n) is 9.41. The van der Waals surface area contributed by atoms with Crippen molar-refractivity contribution in [1.29, 1.82) is 0 Å². The predicted octanol–water partition coefficient (Wildman–Crippen LogP) is 8.35. The van der Waals surface area contributed by atoms with E-state index in [-0.39, 0.29) is 17.8 Å². The molecule has 3 aromatic heterocycles. The molecular weight excluding hydrogens is 619 g/mol. The van der Waals surface area contributed by atoms with Gasteiger partial charge in [-0.15, -0.1) is 0 Å². The third kappa shape index (κ3) is 5.18. The van der Waals surface area contributed by atoms with Gasteiger partial charge < -0.3 is 10.6 Å². The molecule has 0 bridgehead atoms. The molecule has 8 nitrogen and oxygen atoms in total. The van der Waals surface area contributed by atoms with E-state index < -0.39 is 5.54 Å². The molecule has 0 radical (unpaired) electrons. The van der Waals surface area contributed by atoms with Crippen molar-refractivity contribution in [2.75, 3.05) is 12.4 Å². The molecule has 3 heterocycles. The van der Waals surface area contributed by atoms with Crippen LogP contribution >= 0.6 is 0 Å². The van der Waals surface area contributed by atoms with Crippen molar-refractivity contribution in [2.45, 2.75) is 18.5 Å². The second-order valence-corrected chi connectivity index (χ2v) is 12.3. The monoisotopic (exact) mass is 653 g/mol. The molecule has 3 N–H and O–H groups in total. The fourth-order valence-corrected chi connectivity index (χ4v) is 7.09. The van der Waals surface area contributed by atoms with Gasteiger partial charge in [0.05, 0.1) is 28.3 Å². The van der Waals surface area contributed by atoms with E-state index in [1.54, 1.807) is 12.4 Å². The van der Waals surface area contributed by atoms with Crippen LogP contribution in [0.5, 0.6) is 0 Å². The minimum absolute atomic E-state index is 0.128. The number of aromatic amines is 1. The van der Waals surface area contributed by atoms with Crippen LogP contribution < -0.4 is 10.6 Å². The topological polar surface area (TPSA) is 101 Å². The first-order chi connectivity index (χ1) is 24.6. The summed E-state index contributed by atoms with van der Waals surface area (Å²) in [5, 5.41) is 11.1. The molecule has 0 saturated heterocycles. The maximum absolute atomic E-state index is 13.6. The molecule has 0 fully saturated rings. The summed E-state index contributed by atoms with van der Waals surface area (Å²) >= 11 is 0. The van der Waals surface area contributed by atoms with Crippen molar-refractivity contribution < 1.29 is 4.79 Å². The average Bonchev–Trinajstić information content (AvgIpc) is 3.77. The zero-order chi connectivity index (χ0) is 34.1. The molecule has 8 aromatic rings. The summed E-state index contributed by atoms with van der Waals surface area (Å²) in [6.45, 7) is 1.96. The number of amides is 1. The Morgan fingerprint density at radius 1 is 0.720 bits per heavy atom. The Balaban J connectivity index is 1.36. The lowest BCUT2D eigenvalue weighted by Crippen LogP contribution is -2.38. The van der Waals surface area contributed by atoms with Gasteiger partial charge in [-0.2, -0.15) is 0 Å². The second-order valence-electron chi connectivity index (χ2n) is 12.3. The van der Waals surface area contributed by atoms with E-state index in [1.807, 2.05) is 80.7 Å². The van der Waals surface area contributed by atoms with Crippen LogP contribution in [-0.2, 0) is 5.54 Å². The van der Waals surface area contributed by atoms with Crippen LogP contribution in [0.4, 0.5) is 5.69 Å². The predicted molar refractivity (Wildman–Crippen MR) is 199 cm³/mol. The number of aromatic nitrogens is 5. The average molecular weight is 654 g/mol. The lowest BCUT2D eigenvalue weighted by atomic mass is 9.77. The number of hydrogen-bond donors (Lipinski definition) is 3. The number of nitrogens with one attached hydrogen (secondary N) is 3. The van der Waals surface area contributed by atoms with Crippen molar-refractivity contribution >= 4 is 33.5 Å². The summed E-state index contributed by atoms with van der Waals surface area (Å²) < 4.78 is 2.24. The van der Waals surface area contributed by atoms with Gasteiger partial charge in [0.2, 0.25) is 5.82 Å². The van der Waals surface area contributed by atoms with Crippen molar-refractivity contribution in [2.24, 2.45) is 0 Å². The molecule has 0 aliphatic heterocycles. The largest absolute Gasteiger partial charge is 0.388 e. The number of hydrogen-bond acceptors (Lipinski definition) is 5. The first kappa shape index (κ1) is 30.8. The van der Waals surface area contributed by atoms with Crippen LogP contribution in [0.3, 0.4) is 0 Å². The molecule has 8 rings (SSSR count). The molecule has 0 aliphatic rings. The highest BCUT2D eigenvalue weighted by molar-refractivity contribution is 6.03. The second kappa shape index (κ2) is 12.8. The number of pyridine rings is 1. The Kier molecular flexibility index (Phi) is 7.89. The number of anilines is 1. The molecule has 0 saturated carbocycles. The summed E-state index contributed by atoms with van der Waals surface area (Å²) in [6.07, 6.45) is 3.59. The van der Waals surface area contributed by atoms with Gasteiger partial charge in [0.1, 0.15) is 5.54 Å². The van der Waals surface area contributed by atoms with Gasteiger partial charge in [-0.25, -0.2) is 9.97 Å². The minimum atomic E-state index is -0.808. The van der Waals surface area contributed by atoms with E-state index in [0.29, 0.717) is 11.0 Å². The molecular formula is C42H35N7O. The van der Waals surface area contributed by atoms with Crippen molar-refractivity contribution in [3.63, 3.8) is 0 Å². The molecule has 0 aliphatic carbocycles. The molecule has 1 atom stereocenters. The zero-order valence-corrected chi connectivity index (χ0v) is 27.7. The Labute approximate surface area is 289 Å². The van der Waals surface area contributed by atoms with Crippen molar-refractivity contribution in [3.8, 4) is 11.3 Å². The first-order valence-electron chi connectivity index (χ1n) is 16.6. The summed E-state index contributed by atoms with van der Waals surface area (Å²) in [6, 6.07) is 47.3. The highest BCUT2D eigenvalue weighted by Crippen LogP contribution is 2.44. The SMILES string of the molecule is CNc1ccccc1C(C)NC(=O)c1nc2cc3c(-c4ccncc4)[nH]n(C(c4ccccc4)(c4ccccc4)c4ccccc4)c3cc2n1. The van der Waals surface area contributed by atoms with Gasteiger partial charge in [-0.3, -0.25) is 19.6 Å². The van der Waals surface area contributed by atoms with Crippen molar-refractivity contribution in [3.05, 3.63) is 180 Å². The Hall–Kier alpha value is -6.54. The number of nitrogens with zero attached hydrogens (tertiary/aromatic N) is 4. The number of carbonyl (C=O) groups is 1. The zero-order valence-electron chi connectivity index (χ0n) is 27.7. The van der Waals surface area contributed by atoms with E-state index >= 15 is 0 Å². The number of benzene rings is 5. The number of H-pyrrole nitrogens is 1. The van der Waals surface area contributed by atoms with Gasteiger partial charge in [0, 0.05) is 36.1 Å². The number of rotatable bonds is 9. The lowest BCUT2D eigenvalue weighted by molar-refractivity contribution is 0.0931. The van der Waals surface area contributed by atoms with Gasteiger partial charge in [0.15, 0.2) is 0 Å². The molecule has 0 spiro atoms. The van der Waals surface area contributed by atoms with Gasteiger partial charge in [-0.1, -0.05) is 109 Å². The lowest BCUT2D eigenvalue weighted by Gasteiger charge is -2.37. The van der Waals surface area contributed by atoms with Gasteiger partial charge >= 0.3 is 0 Å². The minimum Gasteiger partial charge on any atom is -0.388 e. The normalized spacial score (nSPS) is 12.2. The van der Waals surface area contributed by atoms with Gasteiger partial charge in [-0.05, 0) is 59.5 Å². The van der Waals surface area contributed by atoms with E-state index in [4.69, 9.17) is 9.97 Å². The fourth-order valence-electron chi connectivity index (χ4n) is 7.09. The molecule has 244 valence electrons. The Bertz CT molecular complexity index is 2320. The van der Waals surface area contributed by atoms with Crippen LogP contribution in [0.25, 0.3) is 33.2 Å². The standard InChI is InChI=1S/C42H35N7O/c1-28(33-20-12-13-21-35(33)43-2)45-41(50)40-46-36-26-34-38(27-37(36)47-40)49(48-39(34)29-22-24-44-25-23-29)42(30-14-6-3-7-15-30,31-16-8-4-9-17-31)32-18-10-5-11-19-32/h3-28,43,48H,1-2H3,(H,45,50). The Morgan fingerprint density at radius 3 is 1.84 bits per heavy atom. The van der Waals surface area contributed by atoms with Crippen LogP contribution in [0, 0.1) is 0 Å². The highest BCUT2D eigenvalue weighted by Gasteiger charge is 2.40. The third-order valence-corrected chi connectivity index (χ3v) is 9.41. The summed E-state index contributed by atoms with van der Waals surface area (Å²) in [7, 11) is 1.87. The smallest absolute Gasteiger partial charge is 0.289 e.